The summed E-state index contributed by atoms with van der Waals surface area (Å²) in [4.78, 5) is 0. The van der Waals surface area contributed by atoms with E-state index >= 15 is 0 Å². The van der Waals surface area contributed by atoms with E-state index in [1.54, 1.807) is 0 Å². The summed E-state index contributed by atoms with van der Waals surface area (Å²) >= 11 is 0. The Morgan fingerprint density at radius 1 is 0.390 bits per heavy atom. The predicted molar refractivity (Wildman–Crippen MR) is 175 cm³/mol. The van der Waals surface area contributed by atoms with Crippen LogP contribution in [0.25, 0.3) is 66.1 Å². The predicted octanol–water partition coefficient (Wildman–Crippen LogP) is 11.3. The van der Waals surface area contributed by atoms with Crippen molar-refractivity contribution in [3.05, 3.63) is 157 Å². The number of rotatable bonds is 3. The average Bonchev–Trinajstić information content (AvgIpc) is 3.27. The molecule has 0 heteroatoms. The normalized spacial score (nSPS) is 13.3. The molecule has 0 aliphatic heterocycles. The van der Waals surface area contributed by atoms with Gasteiger partial charge in [-0.05, 0) is 83.2 Å². The van der Waals surface area contributed by atoms with Crippen molar-refractivity contribution in [2.24, 2.45) is 0 Å². The van der Waals surface area contributed by atoms with Crippen molar-refractivity contribution in [1.29, 1.82) is 0 Å². The van der Waals surface area contributed by atoms with Crippen LogP contribution in [0.4, 0.5) is 0 Å². The SMILES string of the molecule is CC1(C)c2ccccc2-c2ccc3c(-c4ccccc4)c4ccc(-c5ccccc5)cc4c(-c4ccccc4)c3c21. The number of hydrogen-bond acceptors (Lipinski definition) is 0. The molecule has 0 fully saturated rings. The number of fused-ring (bicyclic) bond motifs is 6. The lowest BCUT2D eigenvalue weighted by molar-refractivity contribution is 0.666. The maximum absolute atomic E-state index is 2.42. The van der Waals surface area contributed by atoms with Crippen LogP contribution in [-0.4, -0.2) is 0 Å². The van der Waals surface area contributed by atoms with E-state index in [1.807, 2.05) is 0 Å². The summed E-state index contributed by atoms with van der Waals surface area (Å²) in [6, 6.07) is 53.5. The maximum atomic E-state index is 2.42. The molecule has 1 aliphatic rings. The highest BCUT2D eigenvalue weighted by molar-refractivity contribution is 6.24. The van der Waals surface area contributed by atoms with Gasteiger partial charge in [0.25, 0.3) is 0 Å². The van der Waals surface area contributed by atoms with Crippen LogP contribution in [0.1, 0.15) is 25.0 Å². The molecule has 8 rings (SSSR count). The van der Waals surface area contributed by atoms with E-state index in [1.165, 1.54) is 77.2 Å². The summed E-state index contributed by atoms with van der Waals surface area (Å²) in [6.07, 6.45) is 0. The molecule has 7 aromatic carbocycles. The molecule has 0 spiro atoms. The zero-order chi connectivity index (χ0) is 27.6. The van der Waals surface area contributed by atoms with Gasteiger partial charge in [-0.25, -0.2) is 0 Å². The molecule has 0 heterocycles. The minimum Gasteiger partial charge on any atom is -0.0622 e. The van der Waals surface area contributed by atoms with Crippen molar-refractivity contribution in [3.8, 4) is 44.5 Å². The van der Waals surface area contributed by atoms with Gasteiger partial charge in [0.15, 0.2) is 0 Å². The third-order valence-corrected chi connectivity index (χ3v) is 9.03. The van der Waals surface area contributed by atoms with Gasteiger partial charge in [0, 0.05) is 5.41 Å². The Balaban J connectivity index is 1.62. The van der Waals surface area contributed by atoms with Gasteiger partial charge >= 0.3 is 0 Å². The lowest BCUT2D eigenvalue weighted by atomic mass is 9.76. The monoisotopic (exact) mass is 522 g/mol. The van der Waals surface area contributed by atoms with Gasteiger partial charge in [-0.15, -0.1) is 0 Å². The summed E-state index contributed by atoms with van der Waals surface area (Å²) < 4.78 is 0. The highest BCUT2D eigenvalue weighted by Crippen LogP contribution is 2.55. The van der Waals surface area contributed by atoms with Crippen molar-refractivity contribution >= 4 is 21.5 Å². The first-order valence-corrected chi connectivity index (χ1v) is 14.5. The molecule has 7 aromatic rings. The largest absolute Gasteiger partial charge is 0.0622 e. The summed E-state index contributed by atoms with van der Waals surface area (Å²) in [6.45, 7) is 4.80. The van der Waals surface area contributed by atoms with Crippen molar-refractivity contribution in [2.45, 2.75) is 19.3 Å². The average molecular weight is 523 g/mol. The second kappa shape index (κ2) is 9.04. The first-order chi connectivity index (χ1) is 20.1. The van der Waals surface area contributed by atoms with Gasteiger partial charge in [0.1, 0.15) is 0 Å². The van der Waals surface area contributed by atoms with Crippen LogP contribution >= 0.6 is 0 Å². The molecule has 0 amide bonds. The van der Waals surface area contributed by atoms with Crippen molar-refractivity contribution < 1.29 is 0 Å². The van der Waals surface area contributed by atoms with E-state index in [2.05, 4.69) is 159 Å². The molecule has 0 saturated heterocycles. The minimum atomic E-state index is -0.131. The van der Waals surface area contributed by atoms with Gasteiger partial charge in [0.2, 0.25) is 0 Å². The maximum Gasteiger partial charge on any atom is 0.0165 e. The Morgan fingerprint density at radius 3 is 1.63 bits per heavy atom. The second-order valence-electron chi connectivity index (χ2n) is 11.7. The highest BCUT2D eigenvalue weighted by Gasteiger charge is 2.38. The Hall–Kier alpha value is -4.94. The highest BCUT2D eigenvalue weighted by atomic mass is 14.4. The van der Waals surface area contributed by atoms with Crippen LogP contribution in [-0.2, 0) is 5.41 Å². The molecule has 194 valence electrons. The molecule has 0 bridgehead atoms. The Morgan fingerprint density at radius 2 is 0.951 bits per heavy atom. The van der Waals surface area contributed by atoms with E-state index in [9.17, 15) is 0 Å². The summed E-state index contributed by atoms with van der Waals surface area (Å²) in [5.74, 6) is 0. The van der Waals surface area contributed by atoms with E-state index in [-0.39, 0.29) is 5.41 Å². The van der Waals surface area contributed by atoms with Crippen LogP contribution in [0, 0.1) is 0 Å². The smallest absolute Gasteiger partial charge is 0.0165 e. The quantitative estimate of drug-likeness (QED) is 0.202. The molecule has 1 aliphatic carbocycles. The molecular weight excluding hydrogens is 492 g/mol. The number of hydrogen-bond donors (Lipinski definition) is 0. The summed E-state index contributed by atoms with van der Waals surface area (Å²) in [5.41, 5.74) is 13.0. The van der Waals surface area contributed by atoms with E-state index in [4.69, 9.17) is 0 Å². The zero-order valence-corrected chi connectivity index (χ0v) is 23.4. The Kier molecular flexibility index (Phi) is 5.27. The van der Waals surface area contributed by atoms with Crippen molar-refractivity contribution in [2.75, 3.05) is 0 Å². The lowest BCUT2D eigenvalue weighted by Gasteiger charge is -2.27. The van der Waals surface area contributed by atoms with Crippen LogP contribution < -0.4 is 0 Å². The van der Waals surface area contributed by atoms with Gasteiger partial charge in [-0.2, -0.15) is 0 Å². The Bertz CT molecular complexity index is 2080. The fourth-order valence-electron chi connectivity index (χ4n) is 7.22. The first kappa shape index (κ1) is 23.9. The summed E-state index contributed by atoms with van der Waals surface area (Å²) in [5, 5.41) is 5.26. The van der Waals surface area contributed by atoms with Crippen LogP contribution in [0.15, 0.2) is 146 Å². The topological polar surface area (TPSA) is 0 Å². The summed E-state index contributed by atoms with van der Waals surface area (Å²) in [7, 11) is 0. The van der Waals surface area contributed by atoms with Crippen LogP contribution in [0.5, 0.6) is 0 Å². The standard InChI is InChI=1S/C41H30/c1-41(2)36-21-13-12-20-31(36)33-24-25-34-37(28-16-8-4-9-17-28)32-23-22-30(27-14-6-3-7-15-27)26-35(32)38(39(34)40(33)41)29-18-10-5-11-19-29/h3-26H,1-2H3. The fourth-order valence-corrected chi connectivity index (χ4v) is 7.22. The second-order valence-corrected chi connectivity index (χ2v) is 11.7. The van der Waals surface area contributed by atoms with Gasteiger partial charge in [-0.3, -0.25) is 0 Å². The van der Waals surface area contributed by atoms with E-state index in [0.717, 1.165) is 0 Å². The molecule has 0 aromatic heterocycles. The molecule has 0 unspecified atom stereocenters. The Labute approximate surface area is 241 Å². The minimum absolute atomic E-state index is 0.131. The van der Waals surface area contributed by atoms with Crippen molar-refractivity contribution in [1.82, 2.24) is 0 Å². The van der Waals surface area contributed by atoms with Gasteiger partial charge in [0.05, 0.1) is 0 Å². The molecular formula is C41H30. The molecule has 0 radical (unpaired) electrons. The lowest BCUT2D eigenvalue weighted by Crippen LogP contribution is -2.16. The fraction of sp³-hybridized carbons (Fsp3) is 0.0732. The first-order valence-electron chi connectivity index (χ1n) is 14.5. The third kappa shape index (κ3) is 3.54. The molecule has 41 heavy (non-hydrogen) atoms. The number of benzene rings is 7. The molecule has 0 nitrogen and oxygen atoms in total. The van der Waals surface area contributed by atoms with E-state index in [0.29, 0.717) is 0 Å². The van der Waals surface area contributed by atoms with Crippen molar-refractivity contribution in [3.63, 3.8) is 0 Å². The molecule has 0 saturated carbocycles. The third-order valence-electron chi connectivity index (χ3n) is 9.03. The van der Waals surface area contributed by atoms with Crippen LogP contribution in [0.2, 0.25) is 0 Å². The van der Waals surface area contributed by atoms with Crippen LogP contribution in [0.3, 0.4) is 0 Å². The van der Waals surface area contributed by atoms with Gasteiger partial charge < -0.3 is 0 Å². The zero-order valence-electron chi connectivity index (χ0n) is 23.4. The molecule has 0 atom stereocenters. The molecule has 0 N–H and O–H groups in total. The van der Waals surface area contributed by atoms with E-state index < -0.39 is 0 Å². The van der Waals surface area contributed by atoms with Gasteiger partial charge in [-0.1, -0.05) is 153 Å².